The standard InChI is InChI=1S/C35H51FN6O4/c1-5-32(44)39-33(35(46)41-21-19-40(4)20-22-41)24(3)26-13-15-29(28(36)23-26)38-34(45)27(25-11-9-7-8-10-12-25)14-16-31(43)30-17-18-37-42(30)6-2/h13,15,17-18,23-25,27,33H,5-12,14,16,19-22H2,1-4H3,(H,38,45)(H,39,44)/t24-,27-,33+/m0/s1. The van der Waals surface area contributed by atoms with E-state index >= 15 is 4.39 Å². The Morgan fingerprint density at radius 1 is 1.00 bits per heavy atom. The third kappa shape index (κ3) is 9.02. The molecule has 0 radical (unpaired) electrons. The summed E-state index contributed by atoms with van der Waals surface area (Å²) in [4.78, 5) is 56.7. The number of ketones is 1. The first kappa shape index (κ1) is 35.3. The van der Waals surface area contributed by atoms with E-state index in [9.17, 15) is 19.2 Å². The highest BCUT2D eigenvalue weighted by atomic mass is 19.1. The summed E-state index contributed by atoms with van der Waals surface area (Å²) in [6.45, 7) is 8.68. The van der Waals surface area contributed by atoms with Gasteiger partial charge in [0.1, 0.15) is 17.6 Å². The molecule has 1 aliphatic carbocycles. The Balaban J connectivity index is 1.49. The first-order valence-electron chi connectivity index (χ1n) is 17.0. The Morgan fingerprint density at radius 3 is 2.33 bits per heavy atom. The number of anilines is 1. The van der Waals surface area contributed by atoms with Crippen molar-refractivity contribution >= 4 is 29.2 Å². The quantitative estimate of drug-likeness (QED) is 0.236. The molecule has 1 saturated heterocycles. The van der Waals surface area contributed by atoms with Crippen LogP contribution in [0.1, 0.15) is 101 Å². The van der Waals surface area contributed by atoms with E-state index in [1.807, 2.05) is 20.9 Å². The van der Waals surface area contributed by atoms with Gasteiger partial charge < -0.3 is 20.4 Å². The fourth-order valence-corrected chi connectivity index (χ4v) is 6.76. The van der Waals surface area contributed by atoms with Crippen LogP contribution in [0.15, 0.2) is 30.5 Å². The van der Waals surface area contributed by atoms with Gasteiger partial charge in [-0.1, -0.05) is 45.6 Å². The third-order valence-corrected chi connectivity index (χ3v) is 9.79. The molecule has 1 aromatic heterocycles. The summed E-state index contributed by atoms with van der Waals surface area (Å²) in [5.74, 6) is -2.15. The van der Waals surface area contributed by atoms with Crippen molar-refractivity contribution < 1.29 is 23.6 Å². The van der Waals surface area contributed by atoms with Gasteiger partial charge in [-0.2, -0.15) is 5.10 Å². The molecule has 11 heteroatoms. The first-order chi connectivity index (χ1) is 22.1. The number of hydrogen-bond acceptors (Lipinski definition) is 6. The summed E-state index contributed by atoms with van der Waals surface area (Å²) < 4.78 is 17.3. The molecule has 2 N–H and O–H groups in total. The smallest absolute Gasteiger partial charge is 0.245 e. The molecule has 0 bridgehead atoms. The molecule has 0 unspecified atom stereocenters. The van der Waals surface area contributed by atoms with Crippen molar-refractivity contribution in [2.75, 3.05) is 38.5 Å². The number of benzene rings is 1. The van der Waals surface area contributed by atoms with Crippen molar-refractivity contribution in [3.8, 4) is 0 Å². The van der Waals surface area contributed by atoms with Gasteiger partial charge in [0, 0.05) is 63.6 Å². The fourth-order valence-electron chi connectivity index (χ4n) is 6.76. The minimum atomic E-state index is -0.836. The van der Waals surface area contributed by atoms with Crippen LogP contribution in [0.2, 0.25) is 0 Å². The lowest BCUT2D eigenvalue weighted by molar-refractivity contribution is -0.138. The van der Waals surface area contributed by atoms with Gasteiger partial charge in [0.05, 0.1) is 5.69 Å². The predicted molar refractivity (Wildman–Crippen MR) is 176 cm³/mol. The van der Waals surface area contributed by atoms with Crippen LogP contribution < -0.4 is 10.6 Å². The van der Waals surface area contributed by atoms with E-state index in [0.717, 1.165) is 51.6 Å². The van der Waals surface area contributed by atoms with Crippen molar-refractivity contribution in [3.63, 3.8) is 0 Å². The summed E-state index contributed by atoms with van der Waals surface area (Å²) in [6.07, 6.45) is 8.59. The molecule has 3 amide bonds. The molecule has 1 saturated carbocycles. The number of rotatable bonds is 13. The molecular weight excluding hydrogens is 587 g/mol. The highest BCUT2D eigenvalue weighted by Gasteiger charge is 2.34. The van der Waals surface area contributed by atoms with E-state index in [1.54, 1.807) is 34.8 Å². The van der Waals surface area contributed by atoms with Gasteiger partial charge in [-0.05, 0) is 62.9 Å². The average molecular weight is 639 g/mol. The minimum absolute atomic E-state index is 0.0499. The number of piperazine rings is 1. The average Bonchev–Trinajstić information content (AvgIpc) is 3.39. The van der Waals surface area contributed by atoms with Crippen molar-refractivity contribution in [2.24, 2.45) is 11.8 Å². The van der Waals surface area contributed by atoms with E-state index in [4.69, 9.17) is 0 Å². The number of nitrogens with zero attached hydrogens (tertiary/aromatic N) is 4. The maximum absolute atomic E-state index is 15.6. The Labute approximate surface area is 272 Å². The van der Waals surface area contributed by atoms with Crippen molar-refractivity contribution in [3.05, 3.63) is 47.5 Å². The van der Waals surface area contributed by atoms with E-state index < -0.39 is 23.7 Å². The maximum atomic E-state index is 15.6. The zero-order chi connectivity index (χ0) is 33.2. The highest BCUT2D eigenvalue weighted by Crippen LogP contribution is 2.34. The summed E-state index contributed by atoms with van der Waals surface area (Å²) in [7, 11) is 2.01. The number of hydrogen-bond donors (Lipinski definition) is 2. The molecule has 2 heterocycles. The molecule has 1 aromatic carbocycles. The Bertz CT molecular complexity index is 1350. The zero-order valence-corrected chi connectivity index (χ0v) is 27.9. The maximum Gasteiger partial charge on any atom is 0.245 e. The van der Waals surface area contributed by atoms with E-state index in [0.29, 0.717) is 37.3 Å². The van der Waals surface area contributed by atoms with Gasteiger partial charge in [-0.25, -0.2) is 4.39 Å². The van der Waals surface area contributed by atoms with Crippen LogP contribution >= 0.6 is 0 Å². The second-order valence-corrected chi connectivity index (χ2v) is 12.9. The Hall–Kier alpha value is -3.60. The van der Waals surface area contributed by atoms with Gasteiger partial charge in [0.2, 0.25) is 17.7 Å². The summed E-state index contributed by atoms with van der Waals surface area (Å²) in [6, 6.07) is 5.46. The molecule has 252 valence electrons. The highest BCUT2D eigenvalue weighted by molar-refractivity contribution is 5.96. The van der Waals surface area contributed by atoms with Crippen LogP contribution in [0, 0.1) is 17.7 Å². The predicted octanol–water partition coefficient (Wildman–Crippen LogP) is 5.00. The van der Waals surface area contributed by atoms with Crippen LogP contribution in [0.5, 0.6) is 0 Å². The number of halogens is 1. The zero-order valence-electron chi connectivity index (χ0n) is 27.9. The van der Waals surface area contributed by atoms with Gasteiger partial charge in [0.25, 0.3) is 0 Å². The lowest BCUT2D eigenvalue weighted by Gasteiger charge is -2.36. The number of carbonyl (C=O) groups is 4. The molecule has 46 heavy (non-hydrogen) atoms. The normalized spacial score (nSPS) is 18.3. The van der Waals surface area contributed by atoms with Crippen molar-refractivity contribution in [2.45, 2.75) is 97.1 Å². The second-order valence-electron chi connectivity index (χ2n) is 12.9. The lowest BCUT2D eigenvalue weighted by Crippen LogP contribution is -2.55. The van der Waals surface area contributed by atoms with Crippen LogP contribution in [-0.4, -0.2) is 82.4 Å². The SMILES string of the molecule is CCC(=O)N[C@@H](C(=O)N1CCN(C)CC1)[C@@H](C)c1ccc(NC(=O)[C@@H](CCC(=O)c2ccnn2CC)C2CCCCCC2)c(F)c1. The molecule has 4 rings (SSSR count). The lowest BCUT2D eigenvalue weighted by atomic mass is 9.81. The van der Waals surface area contributed by atoms with Gasteiger partial charge in [-0.3, -0.25) is 23.9 Å². The molecular formula is C35H51FN6O4. The summed E-state index contributed by atoms with van der Waals surface area (Å²) in [5, 5.41) is 9.90. The van der Waals surface area contributed by atoms with Crippen LogP contribution in [-0.2, 0) is 20.9 Å². The molecule has 2 aromatic rings. The Morgan fingerprint density at radius 2 is 1.70 bits per heavy atom. The van der Waals surface area contributed by atoms with Gasteiger partial charge >= 0.3 is 0 Å². The fraction of sp³-hybridized carbons (Fsp3) is 0.629. The topological polar surface area (TPSA) is 117 Å². The molecule has 0 spiro atoms. The first-order valence-corrected chi connectivity index (χ1v) is 17.0. The number of aromatic nitrogens is 2. The summed E-state index contributed by atoms with van der Waals surface area (Å²) >= 11 is 0. The number of Topliss-reactive ketones (excluding diaryl/α,β-unsaturated/α-hetero) is 1. The van der Waals surface area contributed by atoms with Crippen LogP contribution in [0.4, 0.5) is 10.1 Å². The van der Waals surface area contributed by atoms with E-state index in [2.05, 4.69) is 20.6 Å². The molecule has 2 fully saturated rings. The van der Waals surface area contributed by atoms with E-state index in [-0.39, 0.29) is 48.0 Å². The van der Waals surface area contributed by atoms with Crippen LogP contribution in [0.3, 0.4) is 0 Å². The number of amides is 3. The minimum Gasteiger partial charge on any atom is -0.344 e. The van der Waals surface area contributed by atoms with Crippen molar-refractivity contribution in [1.82, 2.24) is 24.9 Å². The third-order valence-electron chi connectivity index (χ3n) is 9.79. The van der Waals surface area contributed by atoms with E-state index in [1.165, 1.54) is 12.1 Å². The number of aryl methyl sites for hydroxylation is 1. The largest absolute Gasteiger partial charge is 0.344 e. The van der Waals surface area contributed by atoms with Gasteiger partial charge in [0.15, 0.2) is 5.78 Å². The van der Waals surface area contributed by atoms with Crippen molar-refractivity contribution in [1.29, 1.82) is 0 Å². The number of nitrogens with one attached hydrogen (secondary N) is 2. The number of likely N-dealkylation sites (N-methyl/N-ethyl adjacent to an activating group) is 1. The molecule has 10 nitrogen and oxygen atoms in total. The molecule has 1 aliphatic heterocycles. The molecule has 2 aliphatic rings. The molecule has 3 atom stereocenters. The number of carbonyl (C=O) groups excluding carboxylic acids is 4. The monoisotopic (exact) mass is 638 g/mol. The summed E-state index contributed by atoms with van der Waals surface area (Å²) in [5.41, 5.74) is 1.16. The second kappa shape index (κ2) is 16.8. The van der Waals surface area contributed by atoms with Crippen LogP contribution in [0.25, 0.3) is 0 Å². The Kier molecular flexibility index (Phi) is 12.9. The van der Waals surface area contributed by atoms with Gasteiger partial charge in [-0.15, -0.1) is 0 Å².